The molecule has 0 aliphatic rings. The first-order valence-electron chi connectivity index (χ1n) is 5.79. The van der Waals surface area contributed by atoms with Gasteiger partial charge in [0, 0.05) is 11.6 Å². The Balaban J connectivity index is 1.92. The SMILES string of the molecule is CN(Cc1ccco1)C[C@H](O)c1cccc(Cl)c1. The maximum Gasteiger partial charge on any atom is 0.117 e. The Morgan fingerprint density at radius 1 is 1.33 bits per heavy atom. The summed E-state index contributed by atoms with van der Waals surface area (Å²) in [5.74, 6) is 0.885. The zero-order chi connectivity index (χ0) is 13.0. The largest absolute Gasteiger partial charge is 0.468 e. The van der Waals surface area contributed by atoms with Gasteiger partial charge in [-0.15, -0.1) is 0 Å². The zero-order valence-electron chi connectivity index (χ0n) is 10.2. The quantitative estimate of drug-likeness (QED) is 0.903. The predicted molar refractivity (Wildman–Crippen MR) is 71.5 cm³/mol. The molecule has 2 aromatic rings. The highest BCUT2D eigenvalue weighted by molar-refractivity contribution is 6.30. The number of benzene rings is 1. The highest BCUT2D eigenvalue weighted by Crippen LogP contribution is 2.18. The van der Waals surface area contributed by atoms with E-state index in [-0.39, 0.29) is 0 Å². The number of hydrogen-bond donors (Lipinski definition) is 1. The molecule has 1 aromatic carbocycles. The Morgan fingerprint density at radius 3 is 2.83 bits per heavy atom. The lowest BCUT2D eigenvalue weighted by atomic mass is 10.1. The van der Waals surface area contributed by atoms with Crippen LogP contribution in [0.1, 0.15) is 17.4 Å². The van der Waals surface area contributed by atoms with E-state index in [1.54, 1.807) is 18.4 Å². The smallest absolute Gasteiger partial charge is 0.117 e. The van der Waals surface area contributed by atoms with Gasteiger partial charge >= 0.3 is 0 Å². The number of furan rings is 1. The van der Waals surface area contributed by atoms with Crippen LogP contribution < -0.4 is 0 Å². The number of nitrogens with zero attached hydrogens (tertiary/aromatic N) is 1. The molecule has 1 atom stereocenters. The van der Waals surface area contributed by atoms with Gasteiger partial charge < -0.3 is 9.52 Å². The van der Waals surface area contributed by atoms with Crippen LogP contribution in [0.15, 0.2) is 47.1 Å². The third kappa shape index (κ3) is 3.60. The van der Waals surface area contributed by atoms with Gasteiger partial charge in [-0.2, -0.15) is 0 Å². The maximum absolute atomic E-state index is 10.1. The first-order chi connectivity index (χ1) is 8.65. The van der Waals surface area contributed by atoms with Crippen LogP contribution >= 0.6 is 11.6 Å². The second-order valence-corrected chi connectivity index (χ2v) is 4.78. The molecule has 0 bridgehead atoms. The molecule has 1 heterocycles. The lowest BCUT2D eigenvalue weighted by Crippen LogP contribution is -2.24. The van der Waals surface area contributed by atoms with Crippen LogP contribution in [0.5, 0.6) is 0 Å². The summed E-state index contributed by atoms with van der Waals surface area (Å²) in [6, 6.07) is 11.1. The Bertz CT molecular complexity index is 484. The first-order valence-corrected chi connectivity index (χ1v) is 6.17. The van der Waals surface area contributed by atoms with Gasteiger partial charge in [0.1, 0.15) is 5.76 Å². The van der Waals surface area contributed by atoms with E-state index in [9.17, 15) is 5.11 Å². The molecule has 3 nitrogen and oxygen atoms in total. The zero-order valence-corrected chi connectivity index (χ0v) is 11.0. The lowest BCUT2D eigenvalue weighted by Gasteiger charge is -2.19. The summed E-state index contributed by atoms with van der Waals surface area (Å²) in [4.78, 5) is 2.00. The minimum Gasteiger partial charge on any atom is -0.468 e. The molecule has 0 saturated carbocycles. The van der Waals surface area contributed by atoms with Crippen LogP contribution in [-0.4, -0.2) is 23.6 Å². The summed E-state index contributed by atoms with van der Waals surface area (Å²) < 4.78 is 5.27. The Morgan fingerprint density at radius 2 is 2.17 bits per heavy atom. The summed E-state index contributed by atoms with van der Waals surface area (Å²) in [5.41, 5.74) is 0.828. The van der Waals surface area contributed by atoms with Crippen LogP contribution in [0.3, 0.4) is 0 Å². The Hall–Kier alpha value is -1.29. The third-order valence-corrected chi connectivity index (χ3v) is 2.96. The fourth-order valence-corrected chi connectivity index (χ4v) is 2.05. The molecule has 96 valence electrons. The Kier molecular flexibility index (Phi) is 4.42. The van der Waals surface area contributed by atoms with E-state index >= 15 is 0 Å². The molecule has 0 fully saturated rings. The molecule has 18 heavy (non-hydrogen) atoms. The minimum atomic E-state index is -0.552. The lowest BCUT2D eigenvalue weighted by molar-refractivity contribution is 0.120. The predicted octanol–water partition coefficient (Wildman–Crippen LogP) is 3.10. The molecule has 0 aliphatic heterocycles. The highest BCUT2D eigenvalue weighted by Gasteiger charge is 2.12. The van der Waals surface area contributed by atoms with Crippen molar-refractivity contribution in [3.05, 3.63) is 59.0 Å². The molecular weight excluding hydrogens is 250 g/mol. The van der Waals surface area contributed by atoms with Crippen molar-refractivity contribution in [3.63, 3.8) is 0 Å². The van der Waals surface area contributed by atoms with Gasteiger partial charge in [-0.3, -0.25) is 4.90 Å². The molecule has 1 aromatic heterocycles. The second-order valence-electron chi connectivity index (χ2n) is 4.35. The Labute approximate surface area is 112 Å². The summed E-state index contributed by atoms with van der Waals surface area (Å²) in [6.45, 7) is 1.20. The van der Waals surface area contributed by atoms with E-state index in [1.807, 2.05) is 36.2 Å². The monoisotopic (exact) mass is 265 g/mol. The van der Waals surface area contributed by atoms with E-state index in [0.717, 1.165) is 11.3 Å². The molecule has 0 radical (unpaired) electrons. The van der Waals surface area contributed by atoms with Crippen LogP contribution in [0, 0.1) is 0 Å². The van der Waals surface area contributed by atoms with E-state index in [1.165, 1.54) is 0 Å². The standard InChI is InChI=1S/C14H16ClNO2/c1-16(9-13-6-3-7-18-13)10-14(17)11-4-2-5-12(15)8-11/h2-8,14,17H,9-10H2,1H3/t14-/m0/s1. The molecular formula is C14H16ClNO2. The average Bonchev–Trinajstić information content (AvgIpc) is 2.81. The second kappa shape index (κ2) is 6.05. The van der Waals surface area contributed by atoms with E-state index < -0.39 is 6.10 Å². The van der Waals surface area contributed by atoms with Crippen LogP contribution in [0.2, 0.25) is 5.02 Å². The van der Waals surface area contributed by atoms with Crippen LogP contribution in [0.4, 0.5) is 0 Å². The number of halogens is 1. The molecule has 0 spiro atoms. The van der Waals surface area contributed by atoms with E-state index in [0.29, 0.717) is 18.1 Å². The summed E-state index contributed by atoms with van der Waals surface area (Å²) in [5, 5.41) is 10.8. The molecule has 0 saturated heterocycles. The van der Waals surface area contributed by atoms with Gasteiger partial charge in [-0.1, -0.05) is 23.7 Å². The minimum absolute atomic E-state index is 0.529. The maximum atomic E-state index is 10.1. The molecule has 2 rings (SSSR count). The number of rotatable bonds is 5. The third-order valence-electron chi connectivity index (χ3n) is 2.72. The van der Waals surface area contributed by atoms with Gasteiger partial charge in [0.05, 0.1) is 18.9 Å². The normalized spacial score (nSPS) is 12.9. The molecule has 0 aliphatic carbocycles. The van der Waals surface area contributed by atoms with Crippen LogP contribution in [-0.2, 0) is 6.54 Å². The fourth-order valence-electron chi connectivity index (χ4n) is 1.85. The fraction of sp³-hybridized carbons (Fsp3) is 0.286. The topological polar surface area (TPSA) is 36.6 Å². The average molecular weight is 266 g/mol. The van der Waals surface area contributed by atoms with Crippen molar-refractivity contribution in [2.75, 3.05) is 13.6 Å². The van der Waals surface area contributed by atoms with Crippen molar-refractivity contribution in [1.29, 1.82) is 0 Å². The van der Waals surface area contributed by atoms with E-state index in [2.05, 4.69) is 0 Å². The van der Waals surface area contributed by atoms with Gasteiger partial charge in [-0.25, -0.2) is 0 Å². The number of aliphatic hydroxyl groups excluding tert-OH is 1. The van der Waals surface area contributed by atoms with Crippen molar-refractivity contribution in [1.82, 2.24) is 4.90 Å². The number of hydrogen-bond acceptors (Lipinski definition) is 3. The molecule has 0 unspecified atom stereocenters. The van der Waals surface area contributed by atoms with Gasteiger partial charge in [0.2, 0.25) is 0 Å². The van der Waals surface area contributed by atoms with Gasteiger partial charge in [-0.05, 0) is 36.9 Å². The summed E-state index contributed by atoms with van der Waals surface area (Å²) in [7, 11) is 1.94. The van der Waals surface area contributed by atoms with Gasteiger partial charge in [0.25, 0.3) is 0 Å². The molecule has 4 heteroatoms. The molecule has 0 amide bonds. The van der Waals surface area contributed by atoms with Gasteiger partial charge in [0.15, 0.2) is 0 Å². The van der Waals surface area contributed by atoms with Crippen molar-refractivity contribution in [2.45, 2.75) is 12.6 Å². The number of aliphatic hydroxyl groups is 1. The molecule has 1 N–H and O–H groups in total. The number of likely N-dealkylation sites (N-methyl/N-ethyl adjacent to an activating group) is 1. The summed E-state index contributed by atoms with van der Waals surface area (Å²) >= 11 is 5.90. The highest BCUT2D eigenvalue weighted by atomic mass is 35.5. The van der Waals surface area contributed by atoms with Crippen molar-refractivity contribution >= 4 is 11.6 Å². The summed E-state index contributed by atoms with van der Waals surface area (Å²) in [6.07, 6.45) is 1.10. The first kappa shape index (κ1) is 13.1. The van der Waals surface area contributed by atoms with E-state index in [4.69, 9.17) is 16.0 Å². The van der Waals surface area contributed by atoms with Crippen molar-refractivity contribution < 1.29 is 9.52 Å². The van der Waals surface area contributed by atoms with Crippen molar-refractivity contribution in [2.24, 2.45) is 0 Å². The van der Waals surface area contributed by atoms with Crippen LogP contribution in [0.25, 0.3) is 0 Å². The van der Waals surface area contributed by atoms with Crippen molar-refractivity contribution in [3.8, 4) is 0 Å².